The van der Waals surface area contributed by atoms with Crippen LogP contribution in [0, 0.1) is 12.7 Å². The van der Waals surface area contributed by atoms with Crippen molar-refractivity contribution in [3.8, 4) is 5.75 Å². The van der Waals surface area contributed by atoms with Gasteiger partial charge in [0.2, 0.25) is 10.0 Å². The van der Waals surface area contributed by atoms with E-state index in [-0.39, 0.29) is 35.8 Å². The second-order valence-corrected chi connectivity index (χ2v) is 6.65. The number of hydrogen-bond acceptors (Lipinski definition) is 5. The van der Waals surface area contributed by atoms with Crippen molar-refractivity contribution < 1.29 is 32.2 Å². The van der Waals surface area contributed by atoms with Crippen molar-refractivity contribution in [2.75, 3.05) is 20.3 Å². The quantitative estimate of drug-likeness (QED) is 0.821. The van der Waals surface area contributed by atoms with Crippen molar-refractivity contribution in [3.63, 3.8) is 0 Å². The van der Waals surface area contributed by atoms with E-state index < -0.39 is 27.3 Å². The predicted octanol–water partition coefficient (Wildman–Crippen LogP) is 0.665. The first-order valence-electron chi connectivity index (χ1n) is 6.42. The van der Waals surface area contributed by atoms with Gasteiger partial charge in [-0.1, -0.05) is 0 Å². The van der Waals surface area contributed by atoms with Crippen molar-refractivity contribution in [3.05, 3.63) is 23.5 Å². The first-order valence-corrected chi connectivity index (χ1v) is 7.90. The van der Waals surface area contributed by atoms with Gasteiger partial charge in [0.1, 0.15) is 0 Å². The van der Waals surface area contributed by atoms with Crippen molar-refractivity contribution in [1.82, 2.24) is 4.72 Å². The van der Waals surface area contributed by atoms with Gasteiger partial charge in [-0.2, -0.15) is 4.72 Å². The zero-order valence-electron chi connectivity index (χ0n) is 12.1. The van der Waals surface area contributed by atoms with Gasteiger partial charge in [0.15, 0.2) is 17.1 Å². The van der Waals surface area contributed by atoms with Gasteiger partial charge < -0.3 is 14.6 Å². The minimum atomic E-state index is -4.23. The van der Waals surface area contributed by atoms with Gasteiger partial charge in [0.25, 0.3) is 0 Å². The molecule has 1 fully saturated rings. The van der Waals surface area contributed by atoms with Crippen LogP contribution in [0.15, 0.2) is 17.0 Å². The zero-order valence-corrected chi connectivity index (χ0v) is 12.9. The normalized spacial score (nSPS) is 21.8. The van der Waals surface area contributed by atoms with Gasteiger partial charge in [-0.05, 0) is 19.1 Å². The summed E-state index contributed by atoms with van der Waals surface area (Å²) in [7, 11) is -2.97. The molecule has 9 heteroatoms. The molecule has 2 rings (SSSR count). The number of methoxy groups -OCH3 is 1. The molecule has 1 aliphatic heterocycles. The highest BCUT2D eigenvalue weighted by Crippen LogP contribution is 2.28. The summed E-state index contributed by atoms with van der Waals surface area (Å²) in [5, 5.41) is 9.28. The van der Waals surface area contributed by atoms with Crippen LogP contribution in [0.1, 0.15) is 12.0 Å². The summed E-state index contributed by atoms with van der Waals surface area (Å²) in [4.78, 5) is 11.0. The smallest absolute Gasteiger partial charge is 0.327 e. The number of hydrogen-bond donors (Lipinski definition) is 2. The lowest BCUT2D eigenvalue weighted by Crippen LogP contribution is -2.55. The first kappa shape index (κ1) is 16.7. The number of nitrogens with one attached hydrogen (secondary N) is 1. The lowest BCUT2D eigenvalue weighted by Gasteiger charge is -2.24. The monoisotopic (exact) mass is 333 g/mol. The van der Waals surface area contributed by atoms with Gasteiger partial charge in [-0.25, -0.2) is 12.8 Å². The number of benzene rings is 1. The van der Waals surface area contributed by atoms with Crippen LogP contribution in [0.2, 0.25) is 0 Å². The minimum absolute atomic E-state index is 0.000746. The Kier molecular flexibility index (Phi) is 4.41. The summed E-state index contributed by atoms with van der Waals surface area (Å²) in [5.74, 6) is -2.23. The summed E-state index contributed by atoms with van der Waals surface area (Å²) in [6, 6.07) is 2.35. The molecule has 1 aliphatic rings. The maximum Gasteiger partial charge on any atom is 0.327 e. The van der Waals surface area contributed by atoms with E-state index in [1.807, 2.05) is 0 Å². The average molecular weight is 333 g/mol. The van der Waals surface area contributed by atoms with Crippen LogP contribution in [-0.4, -0.2) is 45.4 Å². The maximum atomic E-state index is 14.0. The second-order valence-electron chi connectivity index (χ2n) is 5.00. The SMILES string of the molecule is COc1ccc(S(=O)(=O)NC2(C(=O)O)CCOC2)c(C)c1F. The Labute approximate surface area is 127 Å². The molecule has 0 saturated carbocycles. The van der Waals surface area contributed by atoms with Gasteiger partial charge >= 0.3 is 5.97 Å². The lowest BCUT2D eigenvalue weighted by molar-refractivity contribution is -0.144. The van der Waals surface area contributed by atoms with Crippen molar-refractivity contribution >= 4 is 16.0 Å². The van der Waals surface area contributed by atoms with E-state index in [1.165, 1.54) is 26.2 Å². The largest absolute Gasteiger partial charge is 0.494 e. The third-order valence-electron chi connectivity index (χ3n) is 3.57. The predicted molar refractivity (Wildman–Crippen MR) is 73.8 cm³/mol. The third-order valence-corrected chi connectivity index (χ3v) is 5.25. The number of sulfonamides is 1. The van der Waals surface area contributed by atoms with Gasteiger partial charge in [0.05, 0.1) is 18.6 Å². The number of aliphatic carboxylic acids is 1. The van der Waals surface area contributed by atoms with Crippen molar-refractivity contribution in [2.45, 2.75) is 23.8 Å². The van der Waals surface area contributed by atoms with Crippen LogP contribution in [0.3, 0.4) is 0 Å². The van der Waals surface area contributed by atoms with E-state index >= 15 is 0 Å². The van der Waals surface area contributed by atoms with Gasteiger partial charge in [0, 0.05) is 18.6 Å². The summed E-state index contributed by atoms with van der Waals surface area (Å²) < 4.78 is 50.8. The molecule has 7 nitrogen and oxygen atoms in total. The molecule has 1 aromatic rings. The highest BCUT2D eigenvalue weighted by atomic mass is 32.2. The molecular formula is C13H16FNO6S. The van der Waals surface area contributed by atoms with E-state index in [0.717, 1.165) is 0 Å². The standard InChI is InChI=1S/C13H16FNO6S/c1-8-10(4-3-9(20-2)11(8)14)22(18,19)15-13(12(16)17)5-6-21-7-13/h3-4,15H,5-7H2,1-2H3,(H,16,17). The molecule has 1 heterocycles. The molecule has 122 valence electrons. The van der Waals surface area contributed by atoms with Crippen LogP contribution in [0.4, 0.5) is 4.39 Å². The first-order chi connectivity index (χ1) is 10.2. The molecule has 1 aromatic carbocycles. The van der Waals surface area contributed by atoms with E-state index in [9.17, 15) is 22.7 Å². The molecule has 22 heavy (non-hydrogen) atoms. The number of halogens is 1. The molecule has 2 N–H and O–H groups in total. The fraction of sp³-hybridized carbons (Fsp3) is 0.462. The van der Waals surface area contributed by atoms with Gasteiger partial charge in [-0.15, -0.1) is 0 Å². The highest BCUT2D eigenvalue weighted by Gasteiger charge is 2.46. The van der Waals surface area contributed by atoms with Crippen LogP contribution in [0.25, 0.3) is 0 Å². The minimum Gasteiger partial charge on any atom is -0.494 e. The lowest BCUT2D eigenvalue weighted by atomic mass is 10.0. The molecule has 0 aromatic heterocycles. The number of rotatable bonds is 5. The molecule has 0 amide bonds. The number of carboxylic acids is 1. The summed E-state index contributed by atoms with van der Waals surface area (Å²) in [5.41, 5.74) is -1.88. The topological polar surface area (TPSA) is 102 Å². The van der Waals surface area contributed by atoms with E-state index in [4.69, 9.17) is 9.47 Å². The summed E-state index contributed by atoms with van der Waals surface area (Å²) in [6.45, 7) is 1.13. The highest BCUT2D eigenvalue weighted by molar-refractivity contribution is 7.89. The third kappa shape index (κ3) is 2.79. The summed E-state index contributed by atoms with van der Waals surface area (Å²) >= 11 is 0. The Hall–Kier alpha value is -1.71. The zero-order chi connectivity index (χ0) is 16.5. The molecule has 0 spiro atoms. The van der Waals surface area contributed by atoms with Crippen LogP contribution < -0.4 is 9.46 Å². The molecule has 1 unspecified atom stereocenters. The Morgan fingerprint density at radius 2 is 2.18 bits per heavy atom. The number of carboxylic acid groups (broad SMARTS) is 1. The molecule has 1 atom stereocenters. The Morgan fingerprint density at radius 1 is 1.50 bits per heavy atom. The van der Waals surface area contributed by atoms with Crippen LogP contribution >= 0.6 is 0 Å². The Balaban J connectivity index is 2.43. The van der Waals surface area contributed by atoms with E-state index in [2.05, 4.69) is 4.72 Å². The fourth-order valence-corrected chi connectivity index (χ4v) is 3.87. The Bertz CT molecular complexity index is 697. The maximum absolute atomic E-state index is 14.0. The Morgan fingerprint density at radius 3 is 2.68 bits per heavy atom. The number of ether oxygens (including phenoxy) is 2. The second kappa shape index (κ2) is 5.82. The molecule has 0 bridgehead atoms. The average Bonchev–Trinajstić information content (AvgIpc) is 2.90. The van der Waals surface area contributed by atoms with E-state index in [1.54, 1.807) is 0 Å². The number of carbonyl (C=O) groups is 1. The van der Waals surface area contributed by atoms with E-state index in [0.29, 0.717) is 0 Å². The van der Waals surface area contributed by atoms with Crippen LogP contribution in [-0.2, 0) is 19.6 Å². The molecule has 0 aliphatic carbocycles. The van der Waals surface area contributed by atoms with Crippen LogP contribution in [0.5, 0.6) is 5.75 Å². The summed E-state index contributed by atoms with van der Waals surface area (Å²) in [6.07, 6.45) is -0.000746. The molecule has 1 saturated heterocycles. The van der Waals surface area contributed by atoms with Crippen molar-refractivity contribution in [1.29, 1.82) is 0 Å². The van der Waals surface area contributed by atoms with Crippen molar-refractivity contribution in [2.24, 2.45) is 0 Å². The fourth-order valence-electron chi connectivity index (χ4n) is 2.26. The molecule has 0 radical (unpaired) electrons. The van der Waals surface area contributed by atoms with Gasteiger partial charge in [-0.3, -0.25) is 4.79 Å². The molecular weight excluding hydrogens is 317 g/mol.